The maximum absolute atomic E-state index is 14.9. The Morgan fingerprint density at radius 3 is 2.52 bits per heavy atom. The zero-order valence-electron chi connectivity index (χ0n) is 25.8. The second kappa shape index (κ2) is 12.6. The highest BCUT2D eigenvalue weighted by Crippen LogP contribution is 2.45. The summed E-state index contributed by atoms with van der Waals surface area (Å²) in [7, 11) is 1.50. The van der Waals surface area contributed by atoms with Crippen molar-refractivity contribution >= 4 is 33.7 Å². The molecule has 1 saturated heterocycles. The number of carboxylic acids is 1. The van der Waals surface area contributed by atoms with Gasteiger partial charge >= 0.3 is 5.97 Å². The first-order valence-electron chi connectivity index (χ1n) is 15.9. The molecule has 3 heterocycles. The topological polar surface area (TPSA) is 93.9 Å². The number of pyridine rings is 1. The zero-order valence-corrected chi connectivity index (χ0v) is 25.8. The second-order valence-corrected chi connectivity index (χ2v) is 12.2. The van der Waals surface area contributed by atoms with Gasteiger partial charge in [-0.1, -0.05) is 37.5 Å². The lowest BCUT2D eigenvalue weighted by molar-refractivity contribution is -0.135. The average molecular weight is 622 g/mol. The maximum Gasteiger partial charge on any atom is 0.335 e. The van der Waals surface area contributed by atoms with Crippen molar-refractivity contribution < 1.29 is 28.6 Å². The van der Waals surface area contributed by atoms with Crippen LogP contribution in [0.2, 0.25) is 0 Å². The average Bonchev–Trinajstić information content (AvgIpc) is 3.41. The smallest absolute Gasteiger partial charge is 0.335 e. The van der Waals surface area contributed by atoms with Crippen molar-refractivity contribution in [2.45, 2.75) is 44.6 Å². The lowest BCUT2D eigenvalue weighted by atomic mass is 9.81. The molecule has 0 bridgehead atoms. The van der Waals surface area contributed by atoms with Crippen molar-refractivity contribution in [1.29, 1.82) is 0 Å². The normalized spacial score (nSPS) is 15.8. The van der Waals surface area contributed by atoms with Crippen LogP contribution >= 0.6 is 0 Å². The van der Waals surface area contributed by atoms with E-state index in [2.05, 4.69) is 6.07 Å². The lowest BCUT2D eigenvalue weighted by Crippen LogP contribution is -2.42. The molecule has 0 atom stereocenters. The minimum absolute atomic E-state index is 0.0222. The molecule has 3 aromatic carbocycles. The quantitative estimate of drug-likeness (QED) is 0.205. The molecule has 8 nitrogen and oxygen atoms in total. The third-order valence-corrected chi connectivity index (χ3v) is 9.44. The number of ether oxygens (including phenoxy) is 2. The number of morpholine rings is 1. The number of benzene rings is 3. The van der Waals surface area contributed by atoms with Crippen molar-refractivity contribution in [1.82, 2.24) is 14.5 Å². The summed E-state index contributed by atoms with van der Waals surface area (Å²) in [6, 6.07) is 19.8. The van der Waals surface area contributed by atoms with Crippen LogP contribution in [0.15, 0.2) is 66.7 Å². The molecule has 236 valence electrons. The van der Waals surface area contributed by atoms with Gasteiger partial charge in [0.1, 0.15) is 18.1 Å². The first-order chi connectivity index (χ1) is 22.4. The highest BCUT2D eigenvalue weighted by molar-refractivity contribution is 6.00. The lowest BCUT2D eigenvalue weighted by Gasteiger charge is -2.28. The molecule has 0 unspecified atom stereocenters. The highest BCUT2D eigenvalue weighted by atomic mass is 19.1. The number of carbonyl (C=O) groups excluding carboxylic acids is 1. The molecule has 1 amide bonds. The van der Waals surface area contributed by atoms with E-state index in [1.54, 1.807) is 24.3 Å². The molecule has 0 radical (unpaired) electrons. The Morgan fingerprint density at radius 1 is 0.978 bits per heavy atom. The Morgan fingerprint density at radius 2 is 1.78 bits per heavy atom. The number of carbonyl (C=O) groups is 2. The molecule has 1 saturated carbocycles. The summed E-state index contributed by atoms with van der Waals surface area (Å²) in [6.45, 7) is 2.15. The van der Waals surface area contributed by atoms with Crippen LogP contribution in [0.5, 0.6) is 5.75 Å². The fourth-order valence-electron chi connectivity index (χ4n) is 7.09. The van der Waals surface area contributed by atoms with Crippen LogP contribution in [0.4, 0.5) is 4.39 Å². The Kier molecular flexibility index (Phi) is 8.17. The molecule has 5 aromatic rings. The highest BCUT2D eigenvalue weighted by Gasteiger charge is 2.29. The maximum atomic E-state index is 14.9. The molecule has 9 heteroatoms. The van der Waals surface area contributed by atoms with Crippen LogP contribution in [0.25, 0.3) is 44.3 Å². The van der Waals surface area contributed by atoms with Crippen LogP contribution in [-0.4, -0.2) is 64.8 Å². The number of carboxylic acid groups (broad SMARTS) is 1. The molecule has 0 spiro atoms. The standard InChI is InChI=1S/C37H36FN3O5/c1-45-27-10-12-28(30(38)21-27)32-14-8-24-19-25(9-13-31(24)39-32)36-35(23-5-3-2-4-6-23)29-11-7-26(37(43)44)20-33(29)41(36)22-34(42)40-15-17-46-18-16-40/h7-14,19-21,23H,2-6,15-18,22H2,1H3,(H,43,44). The Bertz CT molecular complexity index is 1960. The number of methoxy groups -OCH3 is 1. The van der Waals surface area contributed by atoms with E-state index in [4.69, 9.17) is 14.5 Å². The van der Waals surface area contributed by atoms with E-state index in [1.807, 2.05) is 39.8 Å². The van der Waals surface area contributed by atoms with Gasteiger partial charge in [0.15, 0.2) is 0 Å². The number of rotatable bonds is 7. The summed E-state index contributed by atoms with van der Waals surface area (Å²) in [6.07, 6.45) is 5.53. The molecule has 2 aliphatic rings. The molecular formula is C37H36FN3O5. The summed E-state index contributed by atoms with van der Waals surface area (Å²) >= 11 is 0. The van der Waals surface area contributed by atoms with Crippen molar-refractivity contribution in [3.63, 3.8) is 0 Å². The van der Waals surface area contributed by atoms with E-state index in [1.165, 1.54) is 25.2 Å². The monoisotopic (exact) mass is 621 g/mol. The predicted octanol–water partition coefficient (Wildman–Crippen LogP) is 7.28. The largest absolute Gasteiger partial charge is 0.497 e. The van der Waals surface area contributed by atoms with Crippen LogP contribution in [-0.2, 0) is 16.1 Å². The van der Waals surface area contributed by atoms with Crippen LogP contribution in [0.3, 0.4) is 0 Å². The van der Waals surface area contributed by atoms with Crippen LogP contribution in [0, 0.1) is 5.82 Å². The predicted molar refractivity (Wildman–Crippen MR) is 175 cm³/mol. The van der Waals surface area contributed by atoms with Crippen molar-refractivity contribution in [2.24, 2.45) is 0 Å². The Hall–Kier alpha value is -4.76. The van der Waals surface area contributed by atoms with E-state index in [9.17, 15) is 19.1 Å². The molecule has 7 rings (SSSR count). The summed E-state index contributed by atoms with van der Waals surface area (Å²) in [5, 5.41) is 11.8. The van der Waals surface area contributed by atoms with Crippen molar-refractivity contribution in [2.75, 3.05) is 33.4 Å². The number of fused-ring (bicyclic) bond motifs is 2. The number of aromatic carboxylic acids is 1. The van der Waals surface area contributed by atoms with Crippen LogP contribution < -0.4 is 4.74 Å². The first-order valence-corrected chi connectivity index (χ1v) is 15.9. The summed E-state index contributed by atoms with van der Waals surface area (Å²) in [5.74, 6) is -0.703. The third kappa shape index (κ3) is 5.60. The number of halogens is 1. The van der Waals surface area contributed by atoms with Gasteiger partial charge in [-0.15, -0.1) is 0 Å². The molecular weight excluding hydrogens is 585 g/mol. The zero-order chi connectivity index (χ0) is 31.8. The second-order valence-electron chi connectivity index (χ2n) is 12.2. The van der Waals surface area contributed by atoms with Crippen molar-refractivity contribution in [3.05, 3.63) is 83.7 Å². The SMILES string of the molecule is COc1ccc(-c2ccc3cc(-c4c(C5CCCCC5)c5ccc(C(=O)O)cc5n4CC(=O)N4CCOCC4)ccc3n2)c(F)c1. The minimum Gasteiger partial charge on any atom is -0.497 e. The summed E-state index contributed by atoms with van der Waals surface area (Å²) < 4.78 is 27.6. The minimum atomic E-state index is -1.00. The molecule has 46 heavy (non-hydrogen) atoms. The number of nitrogens with zero attached hydrogens (tertiary/aromatic N) is 3. The molecule has 1 N–H and O–H groups in total. The van der Waals surface area contributed by atoms with Gasteiger partial charge < -0.3 is 24.0 Å². The fourth-order valence-corrected chi connectivity index (χ4v) is 7.09. The summed E-state index contributed by atoms with van der Waals surface area (Å²) in [5.41, 5.74) is 5.62. The van der Waals surface area contributed by atoms with Gasteiger partial charge in [0.2, 0.25) is 5.91 Å². The molecule has 2 aromatic heterocycles. The van der Waals surface area contributed by atoms with E-state index in [0.717, 1.165) is 58.7 Å². The van der Waals surface area contributed by atoms with Crippen LogP contribution in [0.1, 0.15) is 53.9 Å². The van der Waals surface area contributed by atoms with E-state index >= 15 is 0 Å². The van der Waals surface area contributed by atoms with Gasteiger partial charge in [-0.25, -0.2) is 14.2 Å². The van der Waals surface area contributed by atoms with Gasteiger partial charge in [-0.3, -0.25) is 4.79 Å². The van der Waals surface area contributed by atoms with Gasteiger partial charge in [-0.2, -0.15) is 0 Å². The van der Waals surface area contributed by atoms with E-state index < -0.39 is 11.8 Å². The fraction of sp³-hybridized carbons (Fsp3) is 0.324. The number of amides is 1. The number of hydrogen-bond donors (Lipinski definition) is 1. The summed E-state index contributed by atoms with van der Waals surface area (Å²) in [4.78, 5) is 32.4. The number of hydrogen-bond acceptors (Lipinski definition) is 5. The van der Waals surface area contributed by atoms with Gasteiger partial charge in [0, 0.05) is 35.5 Å². The Labute approximate surface area is 266 Å². The Balaban J connectivity index is 1.39. The first kappa shape index (κ1) is 29.9. The molecule has 2 fully saturated rings. The third-order valence-electron chi connectivity index (χ3n) is 9.44. The van der Waals surface area contributed by atoms with Gasteiger partial charge in [0.05, 0.1) is 48.3 Å². The molecule has 1 aliphatic carbocycles. The van der Waals surface area contributed by atoms with Gasteiger partial charge in [0.25, 0.3) is 0 Å². The van der Waals surface area contributed by atoms with Gasteiger partial charge in [-0.05, 0) is 72.4 Å². The van der Waals surface area contributed by atoms with E-state index in [0.29, 0.717) is 43.3 Å². The van der Waals surface area contributed by atoms with Crippen molar-refractivity contribution in [3.8, 4) is 28.3 Å². The van der Waals surface area contributed by atoms with E-state index in [-0.39, 0.29) is 23.9 Å². The molecule has 1 aliphatic heterocycles. The number of aromatic nitrogens is 2.